The summed E-state index contributed by atoms with van der Waals surface area (Å²) >= 11 is 0. The minimum Gasteiger partial charge on any atom is -0.379 e. The summed E-state index contributed by atoms with van der Waals surface area (Å²) in [6.07, 6.45) is 0.916. The Balaban J connectivity index is 0.00000338. The molecule has 0 unspecified atom stereocenters. The van der Waals surface area contributed by atoms with Gasteiger partial charge in [-0.2, -0.15) is 0 Å². The third-order valence-electron chi connectivity index (χ3n) is 4.06. The summed E-state index contributed by atoms with van der Waals surface area (Å²) in [5, 5.41) is 8.74. The van der Waals surface area contributed by atoms with Crippen molar-refractivity contribution in [3.05, 3.63) is 29.8 Å². The van der Waals surface area contributed by atoms with Crippen LogP contribution < -0.4 is 16.0 Å². The highest BCUT2D eigenvalue weighted by molar-refractivity contribution is 5.90. The lowest BCUT2D eigenvalue weighted by Gasteiger charge is -2.26. The summed E-state index contributed by atoms with van der Waals surface area (Å²) in [6, 6.07) is 7.57. The molecule has 0 saturated carbocycles. The number of amides is 2. The van der Waals surface area contributed by atoms with Crippen molar-refractivity contribution < 1.29 is 14.3 Å². The predicted molar refractivity (Wildman–Crippen MR) is 112 cm³/mol. The molecule has 3 N–H and O–H groups in total. The fourth-order valence-corrected chi connectivity index (χ4v) is 2.59. The van der Waals surface area contributed by atoms with E-state index in [0.717, 1.165) is 44.1 Å². The molecule has 1 aliphatic heterocycles. The summed E-state index contributed by atoms with van der Waals surface area (Å²) < 4.78 is 5.30. The number of morpholine rings is 1. The molecule has 2 rings (SSSR count). The number of halogens is 2. The molecule has 0 atom stereocenters. The maximum atomic E-state index is 12.1. The third-order valence-corrected chi connectivity index (χ3v) is 4.06. The van der Waals surface area contributed by atoms with Crippen LogP contribution in [0, 0.1) is 0 Å². The minimum atomic E-state index is 0. The second-order valence-corrected chi connectivity index (χ2v) is 6.08. The Morgan fingerprint density at radius 1 is 1.11 bits per heavy atom. The molecule has 0 bridgehead atoms. The monoisotopic (exact) mass is 420 g/mol. The maximum absolute atomic E-state index is 12.1. The van der Waals surface area contributed by atoms with E-state index in [2.05, 4.69) is 20.9 Å². The molecule has 0 spiro atoms. The Morgan fingerprint density at radius 3 is 2.56 bits per heavy atom. The molecule has 2 amide bonds. The van der Waals surface area contributed by atoms with Gasteiger partial charge in [-0.05, 0) is 24.7 Å². The van der Waals surface area contributed by atoms with E-state index in [1.54, 1.807) is 0 Å². The second-order valence-electron chi connectivity index (χ2n) is 6.08. The summed E-state index contributed by atoms with van der Waals surface area (Å²) in [4.78, 5) is 26.0. The number of hydrogen-bond acceptors (Lipinski definition) is 5. The normalized spacial score (nSPS) is 13.8. The van der Waals surface area contributed by atoms with E-state index < -0.39 is 0 Å². The molecule has 0 aliphatic carbocycles. The van der Waals surface area contributed by atoms with E-state index in [9.17, 15) is 9.59 Å². The Labute approximate surface area is 173 Å². The van der Waals surface area contributed by atoms with E-state index >= 15 is 0 Å². The van der Waals surface area contributed by atoms with Crippen molar-refractivity contribution in [2.45, 2.75) is 19.4 Å². The van der Waals surface area contributed by atoms with Crippen molar-refractivity contribution >= 4 is 42.3 Å². The first-order valence-corrected chi connectivity index (χ1v) is 8.77. The minimum absolute atomic E-state index is 0. The molecule has 1 aromatic carbocycles. The second kappa shape index (κ2) is 14.6. The highest BCUT2D eigenvalue weighted by Crippen LogP contribution is 2.11. The van der Waals surface area contributed by atoms with Crippen molar-refractivity contribution in [2.24, 2.45) is 0 Å². The molecule has 1 fully saturated rings. The van der Waals surface area contributed by atoms with Crippen LogP contribution >= 0.6 is 24.8 Å². The Bertz CT molecular complexity index is 569. The van der Waals surface area contributed by atoms with E-state index in [4.69, 9.17) is 4.74 Å². The number of benzene rings is 1. The van der Waals surface area contributed by atoms with Gasteiger partial charge < -0.3 is 20.7 Å². The Morgan fingerprint density at radius 2 is 1.85 bits per heavy atom. The van der Waals surface area contributed by atoms with Crippen molar-refractivity contribution in [1.29, 1.82) is 0 Å². The maximum Gasteiger partial charge on any atom is 0.225 e. The summed E-state index contributed by atoms with van der Waals surface area (Å²) in [7, 11) is 1.82. The molecule has 154 valence electrons. The molecule has 7 nitrogen and oxygen atoms in total. The van der Waals surface area contributed by atoms with Crippen LogP contribution in [0.3, 0.4) is 0 Å². The topological polar surface area (TPSA) is 82.7 Å². The number of carbonyl (C=O) groups is 2. The SMILES string of the molecule is CNCCC(=O)NCc1cccc(NC(=O)CCN2CCOCC2)c1.Cl.Cl. The van der Waals surface area contributed by atoms with Gasteiger partial charge in [0.05, 0.1) is 13.2 Å². The molecule has 0 aromatic heterocycles. The fraction of sp³-hybridized carbons (Fsp3) is 0.556. The zero-order chi connectivity index (χ0) is 17.9. The molecular formula is C18H30Cl2N4O3. The van der Waals surface area contributed by atoms with Gasteiger partial charge in [0, 0.05) is 51.3 Å². The molecule has 1 aliphatic rings. The van der Waals surface area contributed by atoms with Gasteiger partial charge >= 0.3 is 0 Å². The number of rotatable bonds is 9. The first kappa shape index (κ1) is 25.6. The predicted octanol–water partition coefficient (Wildman–Crippen LogP) is 1.42. The Kier molecular flexibility index (Phi) is 13.9. The highest BCUT2D eigenvalue weighted by atomic mass is 35.5. The number of anilines is 1. The van der Waals surface area contributed by atoms with Crippen molar-refractivity contribution in [2.75, 3.05) is 51.8 Å². The van der Waals surface area contributed by atoms with Crippen molar-refractivity contribution in [3.63, 3.8) is 0 Å². The van der Waals surface area contributed by atoms with Gasteiger partial charge in [-0.3, -0.25) is 14.5 Å². The molecule has 1 aromatic rings. The standard InChI is InChI=1S/C18H28N4O3.2ClH/c1-19-7-5-17(23)20-14-15-3-2-4-16(13-15)21-18(24)6-8-22-9-11-25-12-10-22;;/h2-4,13,19H,5-12,14H2,1H3,(H,20,23)(H,21,24);2*1H. The van der Waals surface area contributed by atoms with Crippen molar-refractivity contribution in [1.82, 2.24) is 15.5 Å². The zero-order valence-electron chi connectivity index (χ0n) is 15.7. The van der Waals surface area contributed by atoms with E-state index in [-0.39, 0.29) is 36.6 Å². The number of carbonyl (C=O) groups excluding carboxylic acids is 2. The fourth-order valence-electron chi connectivity index (χ4n) is 2.59. The van der Waals surface area contributed by atoms with Gasteiger partial charge in [-0.25, -0.2) is 0 Å². The highest BCUT2D eigenvalue weighted by Gasteiger charge is 2.12. The molecule has 9 heteroatoms. The lowest BCUT2D eigenvalue weighted by molar-refractivity contribution is -0.121. The van der Waals surface area contributed by atoms with E-state index in [1.807, 2.05) is 31.3 Å². The molecule has 1 heterocycles. The quantitative estimate of drug-likeness (QED) is 0.562. The average molecular weight is 421 g/mol. The Hall–Kier alpha value is -1.38. The molecule has 27 heavy (non-hydrogen) atoms. The largest absolute Gasteiger partial charge is 0.379 e. The molecule has 1 saturated heterocycles. The first-order chi connectivity index (χ1) is 12.2. The van der Waals surface area contributed by atoms with Crippen LogP contribution in [0.5, 0.6) is 0 Å². The van der Waals surface area contributed by atoms with Gasteiger partial charge in [0.1, 0.15) is 0 Å². The van der Waals surface area contributed by atoms with Crippen LogP contribution in [-0.2, 0) is 20.9 Å². The van der Waals surface area contributed by atoms with Gasteiger partial charge in [-0.15, -0.1) is 24.8 Å². The van der Waals surface area contributed by atoms with Crippen LogP contribution in [0.25, 0.3) is 0 Å². The summed E-state index contributed by atoms with van der Waals surface area (Å²) in [5.74, 6) is 0.0102. The lowest BCUT2D eigenvalue weighted by atomic mass is 10.2. The first-order valence-electron chi connectivity index (χ1n) is 8.77. The van der Waals surface area contributed by atoms with Crippen LogP contribution in [0.1, 0.15) is 18.4 Å². The zero-order valence-corrected chi connectivity index (χ0v) is 17.3. The average Bonchev–Trinajstić information content (AvgIpc) is 2.64. The van der Waals surface area contributed by atoms with Crippen molar-refractivity contribution in [3.8, 4) is 0 Å². The number of nitrogens with zero attached hydrogens (tertiary/aromatic N) is 1. The lowest BCUT2D eigenvalue weighted by Crippen LogP contribution is -2.38. The van der Waals surface area contributed by atoms with E-state index in [0.29, 0.717) is 25.9 Å². The number of ether oxygens (including phenoxy) is 1. The summed E-state index contributed by atoms with van der Waals surface area (Å²) in [6.45, 7) is 5.11. The number of hydrogen-bond donors (Lipinski definition) is 3. The van der Waals surface area contributed by atoms with Gasteiger partial charge in [0.2, 0.25) is 11.8 Å². The van der Waals surface area contributed by atoms with Crippen LogP contribution in [0.15, 0.2) is 24.3 Å². The van der Waals surface area contributed by atoms with Gasteiger partial charge in [0.15, 0.2) is 0 Å². The smallest absolute Gasteiger partial charge is 0.225 e. The molecular weight excluding hydrogens is 391 g/mol. The third kappa shape index (κ3) is 10.5. The summed E-state index contributed by atoms with van der Waals surface area (Å²) in [5.41, 5.74) is 1.72. The van der Waals surface area contributed by atoms with Crippen LogP contribution in [-0.4, -0.2) is 63.2 Å². The molecule has 0 radical (unpaired) electrons. The van der Waals surface area contributed by atoms with Crippen LogP contribution in [0.2, 0.25) is 0 Å². The van der Waals surface area contributed by atoms with Gasteiger partial charge in [-0.1, -0.05) is 12.1 Å². The van der Waals surface area contributed by atoms with Gasteiger partial charge in [0.25, 0.3) is 0 Å². The number of nitrogens with one attached hydrogen (secondary N) is 3. The van der Waals surface area contributed by atoms with E-state index in [1.165, 1.54) is 0 Å². The van der Waals surface area contributed by atoms with Crippen LogP contribution in [0.4, 0.5) is 5.69 Å².